The molecule has 2 atom stereocenters. The van der Waals surface area contributed by atoms with Crippen molar-refractivity contribution in [3.8, 4) is 11.5 Å². The van der Waals surface area contributed by atoms with Crippen LogP contribution in [0.15, 0.2) is 16.6 Å². The molecule has 0 saturated carbocycles. The summed E-state index contributed by atoms with van der Waals surface area (Å²) in [4.78, 5) is 0. The summed E-state index contributed by atoms with van der Waals surface area (Å²) >= 11 is 3.60. The van der Waals surface area contributed by atoms with Crippen molar-refractivity contribution in [2.45, 2.75) is 40.4 Å². The standard InChI is InChI=1S/C17H25BrO4/c1-11(2)8-19-13(4)20-9-12(3)5-14-6-16-17(7-15(14)18)22-10-21-16/h6-7,11-13H,5,8-10H2,1-4H3/t12-,13-/m1/s1. The fourth-order valence-electron chi connectivity index (χ4n) is 2.23. The summed E-state index contributed by atoms with van der Waals surface area (Å²) in [6.07, 6.45) is 0.749. The number of benzene rings is 1. The molecule has 0 amide bonds. The van der Waals surface area contributed by atoms with E-state index in [0.717, 1.165) is 29.0 Å². The lowest BCUT2D eigenvalue weighted by atomic mass is 10.0. The van der Waals surface area contributed by atoms with Crippen LogP contribution in [0.3, 0.4) is 0 Å². The van der Waals surface area contributed by atoms with Crippen molar-refractivity contribution < 1.29 is 18.9 Å². The van der Waals surface area contributed by atoms with Gasteiger partial charge in [-0.05, 0) is 42.9 Å². The van der Waals surface area contributed by atoms with E-state index in [2.05, 4.69) is 36.7 Å². The topological polar surface area (TPSA) is 36.9 Å². The average molecular weight is 373 g/mol. The summed E-state index contributed by atoms with van der Waals surface area (Å²) in [6.45, 7) is 10.1. The van der Waals surface area contributed by atoms with E-state index in [1.165, 1.54) is 5.56 Å². The first-order valence-corrected chi connectivity index (χ1v) is 8.56. The van der Waals surface area contributed by atoms with E-state index >= 15 is 0 Å². The molecule has 1 aromatic rings. The zero-order chi connectivity index (χ0) is 16.1. The minimum Gasteiger partial charge on any atom is -0.454 e. The highest BCUT2D eigenvalue weighted by atomic mass is 79.9. The van der Waals surface area contributed by atoms with Crippen LogP contribution in [0.25, 0.3) is 0 Å². The number of hydrogen-bond donors (Lipinski definition) is 0. The Balaban J connectivity index is 1.81. The molecule has 4 nitrogen and oxygen atoms in total. The lowest BCUT2D eigenvalue weighted by Crippen LogP contribution is -2.20. The van der Waals surface area contributed by atoms with Crippen LogP contribution < -0.4 is 9.47 Å². The molecule has 5 heteroatoms. The highest BCUT2D eigenvalue weighted by molar-refractivity contribution is 9.10. The zero-order valence-electron chi connectivity index (χ0n) is 13.7. The van der Waals surface area contributed by atoms with Gasteiger partial charge in [0, 0.05) is 4.47 Å². The van der Waals surface area contributed by atoms with Crippen molar-refractivity contribution in [1.29, 1.82) is 0 Å². The Hall–Kier alpha value is -0.780. The van der Waals surface area contributed by atoms with Gasteiger partial charge in [-0.15, -0.1) is 0 Å². The normalized spacial score (nSPS) is 16.1. The maximum atomic E-state index is 5.77. The molecule has 1 aliphatic heterocycles. The Labute approximate surface area is 141 Å². The molecule has 1 aromatic carbocycles. The molecule has 0 unspecified atom stereocenters. The second-order valence-corrected chi connectivity index (χ2v) is 7.09. The zero-order valence-corrected chi connectivity index (χ0v) is 15.3. The van der Waals surface area contributed by atoms with Gasteiger partial charge in [0.2, 0.25) is 6.79 Å². The average Bonchev–Trinajstić information content (AvgIpc) is 2.90. The molecule has 0 fully saturated rings. The van der Waals surface area contributed by atoms with Gasteiger partial charge < -0.3 is 18.9 Å². The molecule has 0 aliphatic carbocycles. The Morgan fingerprint density at radius 2 is 1.68 bits per heavy atom. The predicted molar refractivity (Wildman–Crippen MR) is 89.3 cm³/mol. The van der Waals surface area contributed by atoms with Gasteiger partial charge >= 0.3 is 0 Å². The third kappa shape index (κ3) is 5.14. The smallest absolute Gasteiger partial charge is 0.231 e. The van der Waals surface area contributed by atoms with Crippen LogP contribution >= 0.6 is 15.9 Å². The van der Waals surface area contributed by atoms with E-state index in [1.54, 1.807) is 0 Å². The fraction of sp³-hybridized carbons (Fsp3) is 0.647. The van der Waals surface area contributed by atoms with Crippen LogP contribution in [0.4, 0.5) is 0 Å². The van der Waals surface area contributed by atoms with Crippen molar-refractivity contribution in [3.63, 3.8) is 0 Å². The quantitative estimate of drug-likeness (QED) is 0.634. The van der Waals surface area contributed by atoms with Crippen LogP contribution in [0.5, 0.6) is 11.5 Å². The number of rotatable bonds is 8. The Morgan fingerprint density at radius 1 is 1.05 bits per heavy atom. The molecule has 0 saturated heterocycles. The minimum absolute atomic E-state index is 0.162. The molecule has 22 heavy (non-hydrogen) atoms. The van der Waals surface area contributed by atoms with E-state index in [9.17, 15) is 0 Å². The maximum absolute atomic E-state index is 5.77. The van der Waals surface area contributed by atoms with Crippen LogP contribution in [-0.2, 0) is 15.9 Å². The third-order valence-electron chi connectivity index (χ3n) is 3.39. The summed E-state index contributed by atoms with van der Waals surface area (Å²) in [6, 6.07) is 4.02. The number of hydrogen-bond acceptors (Lipinski definition) is 4. The Bertz CT molecular complexity index is 490. The molecule has 0 radical (unpaired) electrons. The lowest BCUT2D eigenvalue weighted by molar-refractivity contribution is -0.143. The van der Waals surface area contributed by atoms with E-state index < -0.39 is 0 Å². The summed E-state index contributed by atoms with van der Waals surface area (Å²) < 4.78 is 23.2. The SMILES string of the molecule is CC(C)CO[C@@H](C)OC[C@H](C)Cc1cc2c(cc1Br)OCO2. The van der Waals surface area contributed by atoms with Gasteiger partial charge in [-0.1, -0.05) is 36.7 Å². The van der Waals surface area contributed by atoms with Gasteiger partial charge in [0.1, 0.15) is 0 Å². The van der Waals surface area contributed by atoms with Gasteiger partial charge in [-0.2, -0.15) is 0 Å². The minimum atomic E-state index is -0.162. The molecule has 124 valence electrons. The molecule has 0 bridgehead atoms. The maximum Gasteiger partial charge on any atom is 0.231 e. The predicted octanol–water partition coefficient (Wildman–Crippen LogP) is 4.39. The van der Waals surface area contributed by atoms with Crippen molar-refractivity contribution in [2.24, 2.45) is 11.8 Å². The second kappa shape index (κ2) is 8.18. The number of ether oxygens (including phenoxy) is 4. The molecular formula is C17H25BrO4. The highest BCUT2D eigenvalue weighted by Crippen LogP contribution is 2.37. The summed E-state index contributed by atoms with van der Waals surface area (Å²) in [7, 11) is 0. The van der Waals surface area contributed by atoms with Crippen LogP contribution in [0.2, 0.25) is 0 Å². The molecule has 0 aromatic heterocycles. The van der Waals surface area contributed by atoms with Crippen molar-refractivity contribution in [3.05, 3.63) is 22.2 Å². The van der Waals surface area contributed by atoms with E-state index in [4.69, 9.17) is 18.9 Å². The highest BCUT2D eigenvalue weighted by Gasteiger charge is 2.18. The summed E-state index contributed by atoms with van der Waals surface area (Å²) in [5.74, 6) is 2.53. The molecule has 0 spiro atoms. The molecule has 0 N–H and O–H groups in total. The van der Waals surface area contributed by atoms with Gasteiger partial charge in [0.05, 0.1) is 13.2 Å². The van der Waals surface area contributed by atoms with E-state index in [-0.39, 0.29) is 6.29 Å². The first kappa shape index (κ1) is 17.6. The van der Waals surface area contributed by atoms with Crippen molar-refractivity contribution in [2.75, 3.05) is 20.0 Å². The van der Waals surface area contributed by atoms with Crippen LogP contribution in [-0.4, -0.2) is 26.3 Å². The van der Waals surface area contributed by atoms with E-state index in [0.29, 0.717) is 25.2 Å². The first-order valence-electron chi connectivity index (χ1n) is 7.77. The van der Waals surface area contributed by atoms with Gasteiger partial charge in [0.15, 0.2) is 17.8 Å². The van der Waals surface area contributed by atoms with Gasteiger partial charge in [-0.25, -0.2) is 0 Å². The monoisotopic (exact) mass is 372 g/mol. The number of fused-ring (bicyclic) bond motifs is 1. The molecule has 2 rings (SSSR count). The second-order valence-electron chi connectivity index (χ2n) is 6.23. The lowest BCUT2D eigenvalue weighted by Gasteiger charge is -2.19. The molecular weight excluding hydrogens is 348 g/mol. The van der Waals surface area contributed by atoms with Gasteiger partial charge in [-0.3, -0.25) is 0 Å². The largest absolute Gasteiger partial charge is 0.454 e. The molecule has 1 aliphatic rings. The molecule has 1 heterocycles. The van der Waals surface area contributed by atoms with Gasteiger partial charge in [0.25, 0.3) is 0 Å². The van der Waals surface area contributed by atoms with Crippen molar-refractivity contribution >= 4 is 15.9 Å². The number of halogens is 1. The fourth-order valence-corrected chi connectivity index (χ4v) is 2.71. The van der Waals surface area contributed by atoms with Crippen LogP contribution in [0, 0.1) is 11.8 Å². The van der Waals surface area contributed by atoms with Crippen molar-refractivity contribution in [1.82, 2.24) is 0 Å². The Morgan fingerprint density at radius 3 is 2.36 bits per heavy atom. The summed E-state index contributed by atoms with van der Waals surface area (Å²) in [5, 5.41) is 0. The van der Waals surface area contributed by atoms with E-state index in [1.807, 2.05) is 19.1 Å². The third-order valence-corrected chi connectivity index (χ3v) is 4.13. The van der Waals surface area contributed by atoms with Crippen LogP contribution in [0.1, 0.15) is 33.3 Å². The first-order chi connectivity index (χ1) is 10.5. The Kier molecular flexibility index (Phi) is 6.53. The summed E-state index contributed by atoms with van der Waals surface area (Å²) in [5.41, 5.74) is 1.20.